The lowest BCUT2D eigenvalue weighted by Gasteiger charge is -2.22. The molecule has 2 aromatic rings. The Morgan fingerprint density at radius 3 is 2.54 bits per heavy atom. The van der Waals surface area contributed by atoms with Crippen LogP contribution in [0.1, 0.15) is 12.8 Å². The first kappa shape index (κ1) is 16.6. The van der Waals surface area contributed by atoms with Crippen LogP contribution >= 0.6 is 0 Å². The number of anilines is 1. The number of nitrogens with one attached hydrogen (secondary N) is 2. The monoisotopic (exact) mass is 347 g/mol. The Morgan fingerprint density at radius 1 is 1.12 bits per heavy atom. The van der Waals surface area contributed by atoms with Gasteiger partial charge in [-0.25, -0.2) is 13.2 Å². The minimum atomic E-state index is -2.86. The molecule has 6 nitrogen and oxygen atoms in total. The van der Waals surface area contributed by atoms with Crippen molar-refractivity contribution >= 4 is 21.6 Å². The van der Waals surface area contributed by atoms with E-state index in [0.29, 0.717) is 25.1 Å². The molecule has 2 heterocycles. The van der Waals surface area contributed by atoms with Crippen molar-refractivity contribution in [3.05, 3.63) is 48.8 Å². The van der Waals surface area contributed by atoms with E-state index >= 15 is 0 Å². The predicted octanol–water partition coefficient (Wildman–Crippen LogP) is 2.42. The highest BCUT2D eigenvalue weighted by Crippen LogP contribution is 2.18. The van der Waals surface area contributed by atoms with Gasteiger partial charge in [-0.1, -0.05) is 6.07 Å². The molecule has 2 N–H and O–H groups in total. The van der Waals surface area contributed by atoms with Gasteiger partial charge in [0, 0.05) is 30.3 Å². The summed E-state index contributed by atoms with van der Waals surface area (Å²) in [6.07, 6.45) is 5.12. The zero-order chi connectivity index (χ0) is 17.0. The molecule has 2 amide bonds. The van der Waals surface area contributed by atoms with Gasteiger partial charge in [0.1, 0.15) is 9.84 Å². The van der Waals surface area contributed by atoms with Gasteiger partial charge in [-0.2, -0.15) is 0 Å². The molecule has 7 heteroatoms. The molecule has 1 aromatic heterocycles. The van der Waals surface area contributed by atoms with Gasteiger partial charge in [-0.3, -0.25) is 0 Å². The molecule has 0 unspecified atom stereocenters. The van der Waals surface area contributed by atoms with Crippen molar-refractivity contribution < 1.29 is 13.2 Å². The molecule has 0 atom stereocenters. The number of amides is 2. The molecule has 1 saturated heterocycles. The largest absolute Gasteiger partial charge is 0.338 e. The third-order valence-corrected chi connectivity index (χ3v) is 5.95. The molecule has 1 aliphatic heterocycles. The fourth-order valence-corrected chi connectivity index (χ4v) is 4.40. The molecular formula is C17H21N3O3S. The van der Waals surface area contributed by atoms with Crippen LogP contribution < -0.4 is 10.6 Å². The van der Waals surface area contributed by atoms with E-state index in [9.17, 15) is 13.2 Å². The molecule has 1 aromatic carbocycles. The van der Waals surface area contributed by atoms with Crippen molar-refractivity contribution in [2.45, 2.75) is 12.8 Å². The van der Waals surface area contributed by atoms with Crippen LogP contribution in [0.2, 0.25) is 0 Å². The molecule has 3 rings (SSSR count). The Balaban J connectivity index is 1.51. The van der Waals surface area contributed by atoms with Gasteiger partial charge >= 0.3 is 6.03 Å². The van der Waals surface area contributed by atoms with Crippen molar-refractivity contribution in [1.82, 2.24) is 9.88 Å². The second-order valence-corrected chi connectivity index (χ2v) is 8.37. The Hall–Kier alpha value is -2.28. The van der Waals surface area contributed by atoms with Crippen LogP contribution in [0.4, 0.5) is 10.5 Å². The maximum atomic E-state index is 12.0. The molecule has 0 spiro atoms. The standard InChI is InChI=1S/C17H21N3O3S/c21-17(18-13-14-6-10-24(22,23)11-7-14)19-15-4-3-5-16(12-15)20-8-1-2-9-20/h1-5,8-9,12,14H,6-7,10-11,13H2,(H2,18,19,21). The Kier molecular flexibility index (Phi) is 4.89. The van der Waals surface area contributed by atoms with Crippen molar-refractivity contribution in [3.63, 3.8) is 0 Å². The number of rotatable bonds is 4. The first-order valence-corrected chi connectivity index (χ1v) is 9.83. The maximum absolute atomic E-state index is 12.0. The Labute approximate surface area is 141 Å². The summed E-state index contributed by atoms with van der Waals surface area (Å²) >= 11 is 0. The minimum absolute atomic E-state index is 0.222. The molecule has 0 saturated carbocycles. The highest BCUT2D eigenvalue weighted by atomic mass is 32.2. The first-order valence-electron chi connectivity index (χ1n) is 8.00. The van der Waals surface area contributed by atoms with Crippen LogP contribution in [0.5, 0.6) is 0 Å². The quantitative estimate of drug-likeness (QED) is 0.891. The van der Waals surface area contributed by atoms with Gasteiger partial charge in [0.15, 0.2) is 0 Å². The lowest BCUT2D eigenvalue weighted by atomic mass is 10.0. The zero-order valence-corrected chi connectivity index (χ0v) is 14.1. The molecule has 0 bridgehead atoms. The average molecular weight is 347 g/mol. The van der Waals surface area contributed by atoms with Crippen molar-refractivity contribution in [1.29, 1.82) is 0 Å². The predicted molar refractivity (Wildman–Crippen MR) is 94.2 cm³/mol. The second-order valence-electron chi connectivity index (χ2n) is 6.07. The van der Waals surface area contributed by atoms with E-state index in [4.69, 9.17) is 0 Å². The number of hydrogen-bond donors (Lipinski definition) is 2. The Bertz CT molecular complexity index is 786. The second kappa shape index (κ2) is 7.09. The zero-order valence-electron chi connectivity index (χ0n) is 13.3. The van der Waals surface area contributed by atoms with E-state index in [1.54, 1.807) is 0 Å². The topological polar surface area (TPSA) is 80.2 Å². The number of carbonyl (C=O) groups is 1. The van der Waals surface area contributed by atoms with E-state index in [1.807, 2.05) is 53.4 Å². The highest BCUT2D eigenvalue weighted by Gasteiger charge is 2.23. The fourth-order valence-electron chi connectivity index (χ4n) is 2.81. The molecule has 0 radical (unpaired) electrons. The van der Waals surface area contributed by atoms with Crippen molar-refractivity contribution in [3.8, 4) is 5.69 Å². The number of aromatic nitrogens is 1. The van der Waals surface area contributed by atoms with Crippen LogP contribution in [0, 0.1) is 5.92 Å². The summed E-state index contributed by atoms with van der Waals surface area (Å²) in [6, 6.07) is 11.2. The average Bonchev–Trinajstić information content (AvgIpc) is 3.09. The van der Waals surface area contributed by atoms with E-state index < -0.39 is 9.84 Å². The fraction of sp³-hybridized carbons (Fsp3) is 0.353. The lowest BCUT2D eigenvalue weighted by molar-refractivity contribution is 0.249. The van der Waals surface area contributed by atoms with Gasteiger partial charge in [0.2, 0.25) is 0 Å². The van der Waals surface area contributed by atoms with Gasteiger partial charge < -0.3 is 15.2 Å². The van der Waals surface area contributed by atoms with Crippen LogP contribution in [-0.4, -0.2) is 37.1 Å². The molecule has 24 heavy (non-hydrogen) atoms. The minimum Gasteiger partial charge on any atom is -0.338 e. The number of hydrogen-bond acceptors (Lipinski definition) is 3. The van der Waals surface area contributed by atoms with Gasteiger partial charge in [0.05, 0.1) is 11.5 Å². The smallest absolute Gasteiger partial charge is 0.319 e. The SMILES string of the molecule is O=C(NCC1CCS(=O)(=O)CC1)Nc1cccc(-n2cccc2)c1. The summed E-state index contributed by atoms with van der Waals surface area (Å²) in [6.45, 7) is 0.499. The normalized spacial score (nSPS) is 17.3. The van der Waals surface area contributed by atoms with E-state index in [-0.39, 0.29) is 23.5 Å². The number of carbonyl (C=O) groups excluding carboxylic acids is 1. The maximum Gasteiger partial charge on any atom is 0.319 e. The summed E-state index contributed by atoms with van der Waals surface area (Å²) in [7, 11) is -2.86. The number of nitrogens with zero attached hydrogens (tertiary/aromatic N) is 1. The third-order valence-electron chi connectivity index (χ3n) is 4.23. The molecule has 128 valence electrons. The number of sulfone groups is 1. The molecule has 0 aliphatic carbocycles. The van der Waals surface area contributed by atoms with E-state index in [2.05, 4.69) is 10.6 Å². The van der Waals surface area contributed by atoms with Crippen LogP contribution in [0.3, 0.4) is 0 Å². The number of benzene rings is 1. The highest BCUT2D eigenvalue weighted by molar-refractivity contribution is 7.91. The van der Waals surface area contributed by atoms with Crippen LogP contribution in [0.25, 0.3) is 5.69 Å². The van der Waals surface area contributed by atoms with Gasteiger partial charge in [-0.05, 0) is 49.1 Å². The Morgan fingerprint density at radius 2 is 1.83 bits per heavy atom. The molecule has 1 fully saturated rings. The number of urea groups is 1. The summed E-state index contributed by atoms with van der Waals surface area (Å²) in [5, 5.41) is 5.65. The molecular weight excluding hydrogens is 326 g/mol. The van der Waals surface area contributed by atoms with E-state index in [1.165, 1.54) is 0 Å². The summed E-state index contributed by atoms with van der Waals surface area (Å²) in [4.78, 5) is 12.0. The first-order chi connectivity index (χ1) is 11.5. The summed E-state index contributed by atoms with van der Waals surface area (Å²) in [5.74, 6) is 0.672. The summed E-state index contributed by atoms with van der Waals surface area (Å²) in [5.41, 5.74) is 1.68. The van der Waals surface area contributed by atoms with Gasteiger partial charge in [0.25, 0.3) is 0 Å². The van der Waals surface area contributed by atoms with Crippen LogP contribution in [0.15, 0.2) is 48.8 Å². The molecule has 1 aliphatic rings. The third kappa shape index (κ3) is 4.38. The summed E-state index contributed by atoms with van der Waals surface area (Å²) < 4.78 is 24.8. The lowest BCUT2D eigenvalue weighted by Crippen LogP contribution is -2.36. The van der Waals surface area contributed by atoms with Gasteiger partial charge in [-0.15, -0.1) is 0 Å². The van der Waals surface area contributed by atoms with Crippen molar-refractivity contribution in [2.24, 2.45) is 5.92 Å². The van der Waals surface area contributed by atoms with Crippen LogP contribution in [-0.2, 0) is 9.84 Å². The van der Waals surface area contributed by atoms with Crippen molar-refractivity contribution in [2.75, 3.05) is 23.4 Å². The van der Waals surface area contributed by atoms with E-state index in [0.717, 1.165) is 5.69 Å².